The minimum Gasteiger partial charge on any atom is -0.356 e. The van der Waals surface area contributed by atoms with Crippen LogP contribution < -0.4 is 10.2 Å². The molecule has 3 fully saturated rings. The average molecular weight is 401 g/mol. The largest absolute Gasteiger partial charge is 0.356 e. The molecule has 7 heteroatoms. The van der Waals surface area contributed by atoms with Gasteiger partial charge in [0.1, 0.15) is 5.82 Å². The van der Waals surface area contributed by atoms with Gasteiger partial charge in [-0.1, -0.05) is 0 Å². The molecule has 26 heavy (non-hydrogen) atoms. The number of carbonyl (C=O) groups excluding carboxylic acids is 1. The molecule has 1 aliphatic carbocycles. The molecule has 2 aliphatic heterocycles. The van der Waals surface area contributed by atoms with Crippen molar-refractivity contribution in [1.29, 1.82) is 0 Å². The molecule has 1 N–H and O–H groups in total. The molecule has 1 saturated carbocycles. The quantitative estimate of drug-likeness (QED) is 0.824. The Morgan fingerprint density at radius 3 is 2.42 bits per heavy atom. The van der Waals surface area contributed by atoms with E-state index in [2.05, 4.69) is 15.2 Å². The van der Waals surface area contributed by atoms with E-state index in [-0.39, 0.29) is 30.7 Å². The fourth-order valence-electron chi connectivity index (χ4n) is 3.86. The van der Waals surface area contributed by atoms with Crippen LogP contribution >= 0.6 is 24.8 Å². The molecule has 146 valence electrons. The van der Waals surface area contributed by atoms with Gasteiger partial charge in [0.05, 0.1) is 5.56 Å². The third-order valence-corrected chi connectivity index (χ3v) is 5.60. The first-order valence-electron chi connectivity index (χ1n) is 9.54. The number of carbonyl (C=O) groups is 1. The summed E-state index contributed by atoms with van der Waals surface area (Å²) >= 11 is 0. The molecule has 4 rings (SSSR count). The maximum absolute atomic E-state index is 13.0. The predicted molar refractivity (Wildman–Crippen MR) is 110 cm³/mol. The Kier molecular flexibility index (Phi) is 7.99. The molecule has 0 bridgehead atoms. The molecule has 1 aromatic rings. The lowest BCUT2D eigenvalue weighted by Gasteiger charge is -2.33. The van der Waals surface area contributed by atoms with Gasteiger partial charge < -0.3 is 15.1 Å². The highest BCUT2D eigenvalue weighted by Gasteiger charge is 2.28. The summed E-state index contributed by atoms with van der Waals surface area (Å²) in [5, 5.41) is 3.68. The van der Waals surface area contributed by atoms with E-state index < -0.39 is 0 Å². The van der Waals surface area contributed by atoms with Gasteiger partial charge in [0.2, 0.25) is 0 Å². The van der Waals surface area contributed by atoms with Crippen LogP contribution in [0, 0.1) is 5.92 Å². The number of pyridine rings is 1. The summed E-state index contributed by atoms with van der Waals surface area (Å²) < 4.78 is 0. The molecule has 5 nitrogen and oxygen atoms in total. The lowest BCUT2D eigenvalue weighted by atomic mass is 10.0. The van der Waals surface area contributed by atoms with Crippen molar-refractivity contribution >= 4 is 36.5 Å². The first-order chi connectivity index (χ1) is 11.8. The number of likely N-dealkylation sites (tertiary alicyclic amines) is 1. The Hall–Kier alpha value is -1.04. The van der Waals surface area contributed by atoms with Gasteiger partial charge >= 0.3 is 0 Å². The highest BCUT2D eigenvalue weighted by Crippen LogP contribution is 2.28. The Balaban J connectivity index is 0.00000121. The Morgan fingerprint density at radius 2 is 1.77 bits per heavy atom. The molecular weight excluding hydrogens is 371 g/mol. The van der Waals surface area contributed by atoms with E-state index in [0.29, 0.717) is 6.04 Å². The molecule has 3 aliphatic rings. The van der Waals surface area contributed by atoms with Crippen molar-refractivity contribution in [2.24, 2.45) is 5.92 Å². The Labute approximate surface area is 168 Å². The molecule has 0 spiro atoms. The number of rotatable bonds is 5. The smallest absolute Gasteiger partial charge is 0.257 e. The van der Waals surface area contributed by atoms with Crippen molar-refractivity contribution < 1.29 is 4.79 Å². The van der Waals surface area contributed by atoms with Crippen molar-refractivity contribution in [3.8, 4) is 0 Å². The normalized spacial score (nSPS) is 20.5. The maximum Gasteiger partial charge on any atom is 0.257 e. The Morgan fingerprint density at radius 1 is 1.08 bits per heavy atom. The van der Waals surface area contributed by atoms with E-state index >= 15 is 0 Å². The highest BCUT2D eigenvalue weighted by molar-refractivity contribution is 5.99. The number of aromatic nitrogens is 1. The molecule has 1 amide bonds. The molecular formula is C19H30Cl2N4O. The van der Waals surface area contributed by atoms with Gasteiger partial charge in [-0.3, -0.25) is 4.79 Å². The van der Waals surface area contributed by atoms with Crippen LogP contribution in [0.25, 0.3) is 0 Å². The topological polar surface area (TPSA) is 48.5 Å². The van der Waals surface area contributed by atoms with Gasteiger partial charge in [-0.2, -0.15) is 0 Å². The first-order valence-corrected chi connectivity index (χ1v) is 9.54. The fourth-order valence-corrected chi connectivity index (χ4v) is 3.86. The summed E-state index contributed by atoms with van der Waals surface area (Å²) in [6, 6.07) is 4.42. The summed E-state index contributed by atoms with van der Waals surface area (Å²) in [6.07, 6.45) is 9.12. The molecule has 1 aromatic heterocycles. The average Bonchev–Trinajstić information content (AvgIpc) is 3.31. The molecule has 0 aromatic carbocycles. The number of hydrogen-bond acceptors (Lipinski definition) is 4. The van der Waals surface area contributed by atoms with Crippen molar-refractivity contribution in [3.63, 3.8) is 0 Å². The zero-order chi connectivity index (χ0) is 16.4. The van der Waals surface area contributed by atoms with Gasteiger partial charge in [-0.25, -0.2) is 4.98 Å². The fraction of sp³-hybridized carbons (Fsp3) is 0.684. The maximum atomic E-state index is 13.0. The van der Waals surface area contributed by atoms with E-state index in [0.717, 1.165) is 56.3 Å². The number of piperidine rings is 1. The van der Waals surface area contributed by atoms with Gasteiger partial charge in [0.15, 0.2) is 0 Å². The zero-order valence-electron chi connectivity index (χ0n) is 15.2. The van der Waals surface area contributed by atoms with E-state index in [1.165, 1.54) is 32.2 Å². The summed E-state index contributed by atoms with van der Waals surface area (Å²) in [6.45, 7) is 4.92. The molecule has 0 unspecified atom stereocenters. The zero-order valence-corrected chi connectivity index (χ0v) is 16.9. The van der Waals surface area contributed by atoms with Gasteiger partial charge in [0.25, 0.3) is 5.91 Å². The van der Waals surface area contributed by atoms with Crippen LogP contribution in [0.15, 0.2) is 18.3 Å². The second-order valence-corrected chi connectivity index (χ2v) is 7.49. The van der Waals surface area contributed by atoms with Crippen LogP contribution in [0.5, 0.6) is 0 Å². The molecule has 0 atom stereocenters. The van der Waals surface area contributed by atoms with Crippen molar-refractivity contribution in [1.82, 2.24) is 15.2 Å². The van der Waals surface area contributed by atoms with Crippen LogP contribution in [-0.4, -0.2) is 54.6 Å². The van der Waals surface area contributed by atoms with Gasteiger partial charge in [-0.15, -0.1) is 24.8 Å². The third-order valence-electron chi connectivity index (χ3n) is 5.60. The number of anilines is 1. The number of amides is 1. The number of halogens is 2. The van der Waals surface area contributed by atoms with Crippen molar-refractivity contribution in [2.45, 2.75) is 44.6 Å². The minimum absolute atomic E-state index is 0. The van der Waals surface area contributed by atoms with Gasteiger partial charge in [0, 0.05) is 38.4 Å². The van der Waals surface area contributed by atoms with Crippen LogP contribution in [0.3, 0.4) is 0 Å². The second kappa shape index (κ2) is 9.77. The van der Waals surface area contributed by atoms with Crippen LogP contribution in [0.1, 0.15) is 48.9 Å². The van der Waals surface area contributed by atoms with Crippen molar-refractivity contribution in [2.75, 3.05) is 37.6 Å². The van der Waals surface area contributed by atoms with Crippen LogP contribution in [-0.2, 0) is 0 Å². The summed E-state index contributed by atoms with van der Waals surface area (Å²) in [4.78, 5) is 21.8. The van der Waals surface area contributed by atoms with E-state index in [1.807, 2.05) is 17.0 Å². The number of nitrogens with one attached hydrogen (secondary N) is 1. The molecule has 2 saturated heterocycles. The standard InChI is InChI=1S/C19H28N4O.2ClH/c24-19(17-4-3-9-20-18(17)22-10-1-2-11-22)23-12-7-16(8-13-23)21-14-15-5-6-15;;/h3-4,9,15-16,21H,1-2,5-8,10-14H2;2*1H. The lowest BCUT2D eigenvalue weighted by Crippen LogP contribution is -2.45. The molecule has 3 heterocycles. The summed E-state index contributed by atoms with van der Waals surface area (Å²) in [5.41, 5.74) is 0.781. The Bertz CT molecular complexity index is 583. The van der Waals surface area contributed by atoms with Crippen LogP contribution in [0.2, 0.25) is 0 Å². The number of nitrogens with zero attached hydrogens (tertiary/aromatic N) is 3. The number of hydrogen-bond donors (Lipinski definition) is 1. The van der Waals surface area contributed by atoms with E-state index in [9.17, 15) is 4.79 Å². The first kappa shape index (κ1) is 21.3. The minimum atomic E-state index is 0. The van der Waals surface area contributed by atoms with E-state index in [4.69, 9.17) is 0 Å². The lowest BCUT2D eigenvalue weighted by molar-refractivity contribution is 0.0705. The van der Waals surface area contributed by atoms with Crippen molar-refractivity contribution in [3.05, 3.63) is 23.9 Å². The van der Waals surface area contributed by atoms with Gasteiger partial charge in [-0.05, 0) is 63.1 Å². The predicted octanol–water partition coefficient (Wildman–Crippen LogP) is 3.13. The second-order valence-electron chi connectivity index (χ2n) is 7.49. The van der Waals surface area contributed by atoms with E-state index in [1.54, 1.807) is 6.20 Å². The monoisotopic (exact) mass is 400 g/mol. The van der Waals surface area contributed by atoms with Crippen LogP contribution in [0.4, 0.5) is 5.82 Å². The molecule has 0 radical (unpaired) electrons. The third kappa shape index (κ3) is 5.02. The summed E-state index contributed by atoms with van der Waals surface area (Å²) in [7, 11) is 0. The highest BCUT2D eigenvalue weighted by atomic mass is 35.5. The SMILES string of the molecule is Cl.Cl.O=C(c1cccnc1N1CCCC1)N1CCC(NCC2CC2)CC1. The summed E-state index contributed by atoms with van der Waals surface area (Å²) in [5.74, 6) is 1.96.